The molecule has 2 atom stereocenters. The van der Waals surface area contributed by atoms with Crippen LogP contribution in [-0.4, -0.2) is 44.0 Å². The fourth-order valence-corrected chi connectivity index (χ4v) is 3.41. The second kappa shape index (κ2) is 7.77. The van der Waals surface area contributed by atoms with Gasteiger partial charge in [-0.3, -0.25) is 9.47 Å². The first-order valence-corrected chi connectivity index (χ1v) is 9.47. The molecule has 0 fully saturated rings. The number of benzene rings is 1. The summed E-state index contributed by atoms with van der Waals surface area (Å²) in [6.45, 7) is 5.88. The molecular weight excluding hydrogens is 372 g/mol. The van der Waals surface area contributed by atoms with Crippen LogP contribution < -0.4 is 0 Å². The van der Waals surface area contributed by atoms with Crippen molar-refractivity contribution < 1.29 is 4.42 Å². The minimum atomic E-state index is -0.0473. The third kappa shape index (κ3) is 3.92. The van der Waals surface area contributed by atoms with E-state index in [1.165, 1.54) is 11.8 Å². The van der Waals surface area contributed by atoms with Crippen molar-refractivity contribution in [3.05, 3.63) is 46.9 Å². The van der Waals surface area contributed by atoms with Crippen LogP contribution >= 0.6 is 23.4 Å². The highest BCUT2D eigenvalue weighted by atomic mass is 35.5. The van der Waals surface area contributed by atoms with Crippen LogP contribution in [0.15, 0.2) is 33.8 Å². The van der Waals surface area contributed by atoms with E-state index in [4.69, 9.17) is 16.0 Å². The first-order valence-electron chi connectivity index (χ1n) is 8.21. The van der Waals surface area contributed by atoms with Gasteiger partial charge in [0.1, 0.15) is 0 Å². The van der Waals surface area contributed by atoms with E-state index >= 15 is 0 Å². The third-order valence-electron chi connectivity index (χ3n) is 4.06. The molecule has 26 heavy (non-hydrogen) atoms. The molecule has 3 rings (SSSR count). The highest BCUT2D eigenvalue weighted by Crippen LogP contribution is 2.36. The maximum Gasteiger partial charge on any atom is 0.229 e. The molecule has 0 N–H and O–H groups in total. The van der Waals surface area contributed by atoms with Crippen LogP contribution in [-0.2, 0) is 0 Å². The van der Waals surface area contributed by atoms with Gasteiger partial charge in [-0.2, -0.15) is 0 Å². The molecular formula is C17H21ClN6OS. The molecule has 3 aromatic rings. The van der Waals surface area contributed by atoms with Crippen molar-refractivity contribution in [2.75, 3.05) is 14.1 Å². The number of aryl methyl sites for hydroxylation is 1. The zero-order chi connectivity index (χ0) is 18.8. The Bertz CT molecular complexity index is 876. The van der Waals surface area contributed by atoms with Gasteiger partial charge in [-0.25, -0.2) is 0 Å². The predicted octanol–water partition coefficient (Wildman–Crippen LogP) is 4.09. The van der Waals surface area contributed by atoms with Crippen molar-refractivity contribution in [1.82, 2.24) is 29.9 Å². The Morgan fingerprint density at radius 1 is 1.08 bits per heavy atom. The molecule has 2 heterocycles. The lowest BCUT2D eigenvalue weighted by Crippen LogP contribution is -2.20. The minimum Gasteiger partial charge on any atom is -0.424 e. The van der Waals surface area contributed by atoms with Crippen molar-refractivity contribution in [1.29, 1.82) is 0 Å². The number of aromatic nitrogens is 5. The fourth-order valence-electron chi connectivity index (χ4n) is 2.38. The lowest BCUT2D eigenvalue weighted by atomic mass is 10.2. The highest BCUT2D eigenvalue weighted by Gasteiger charge is 2.24. The summed E-state index contributed by atoms with van der Waals surface area (Å²) in [5.41, 5.74) is 0.958. The molecule has 0 unspecified atom stereocenters. The van der Waals surface area contributed by atoms with E-state index in [2.05, 4.69) is 32.2 Å². The molecule has 7 nitrogen and oxygen atoms in total. The van der Waals surface area contributed by atoms with E-state index in [1.54, 1.807) is 6.92 Å². The summed E-state index contributed by atoms with van der Waals surface area (Å²) in [5.74, 6) is 1.97. The van der Waals surface area contributed by atoms with Gasteiger partial charge in [0, 0.05) is 17.6 Å². The van der Waals surface area contributed by atoms with E-state index in [9.17, 15) is 0 Å². The van der Waals surface area contributed by atoms with E-state index in [0.717, 1.165) is 16.7 Å². The minimum absolute atomic E-state index is 0.0473. The number of hydrogen-bond acceptors (Lipinski definition) is 7. The molecule has 0 bridgehead atoms. The average molecular weight is 393 g/mol. The Morgan fingerprint density at radius 2 is 1.77 bits per heavy atom. The first kappa shape index (κ1) is 18.9. The third-order valence-corrected chi connectivity index (χ3v) is 5.35. The average Bonchev–Trinajstić information content (AvgIpc) is 3.21. The summed E-state index contributed by atoms with van der Waals surface area (Å²) in [7, 11) is 4.03. The van der Waals surface area contributed by atoms with Gasteiger partial charge in [0.2, 0.25) is 11.8 Å². The van der Waals surface area contributed by atoms with Gasteiger partial charge in [0.15, 0.2) is 11.0 Å². The van der Waals surface area contributed by atoms with Gasteiger partial charge < -0.3 is 4.42 Å². The maximum atomic E-state index is 6.05. The Hall–Kier alpha value is -1.90. The molecule has 1 aromatic carbocycles. The van der Waals surface area contributed by atoms with Crippen LogP contribution in [0.5, 0.6) is 0 Å². The zero-order valence-electron chi connectivity index (χ0n) is 15.3. The smallest absolute Gasteiger partial charge is 0.229 e. The van der Waals surface area contributed by atoms with E-state index in [0.29, 0.717) is 16.8 Å². The predicted molar refractivity (Wildman–Crippen MR) is 102 cm³/mol. The SMILES string of the molecule is Cc1nnc([C@H](C)Sc2nnc([C@@H](C)N(C)C)n2-c2ccc(Cl)cc2)o1. The van der Waals surface area contributed by atoms with E-state index in [1.807, 2.05) is 49.9 Å². The topological polar surface area (TPSA) is 72.9 Å². The normalized spacial score (nSPS) is 14.0. The van der Waals surface area contributed by atoms with Gasteiger partial charge in [0.25, 0.3) is 0 Å². The second-order valence-corrected chi connectivity index (χ2v) is 7.96. The van der Waals surface area contributed by atoms with Crippen molar-refractivity contribution in [2.24, 2.45) is 0 Å². The molecule has 0 aliphatic rings. The lowest BCUT2D eigenvalue weighted by Gasteiger charge is -2.20. The number of halogens is 1. The molecule has 0 spiro atoms. The van der Waals surface area contributed by atoms with Crippen molar-refractivity contribution in [3.8, 4) is 5.69 Å². The second-order valence-electron chi connectivity index (χ2n) is 6.21. The van der Waals surface area contributed by atoms with Crippen LogP contribution in [0.2, 0.25) is 5.02 Å². The van der Waals surface area contributed by atoms with Gasteiger partial charge in [-0.1, -0.05) is 23.4 Å². The van der Waals surface area contributed by atoms with Crippen molar-refractivity contribution >= 4 is 23.4 Å². The molecule has 0 aliphatic carbocycles. The zero-order valence-corrected chi connectivity index (χ0v) is 16.9. The Balaban J connectivity index is 2.00. The standard InChI is InChI=1S/C17H21ClN6OS/c1-10(23(4)5)15-20-22-17(24(15)14-8-6-13(18)7-9-14)26-11(2)16-21-19-12(3)25-16/h6-11H,1-5H3/t10-,11+/m1/s1. The molecule has 0 amide bonds. The molecule has 0 aliphatic heterocycles. The molecule has 0 saturated heterocycles. The summed E-state index contributed by atoms with van der Waals surface area (Å²) in [6.07, 6.45) is 0. The molecule has 9 heteroatoms. The Labute approximate surface area is 161 Å². The molecule has 2 aromatic heterocycles. The van der Waals surface area contributed by atoms with Gasteiger partial charge in [0.05, 0.1) is 11.3 Å². The number of hydrogen-bond donors (Lipinski definition) is 0. The molecule has 138 valence electrons. The number of rotatable bonds is 6. The van der Waals surface area contributed by atoms with Crippen molar-refractivity contribution in [3.63, 3.8) is 0 Å². The molecule has 0 radical (unpaired) electrons. The van der Waals surface area contributed by atoms with Gasteiger partial charge >= 0.3 is 0 Å². The van der Waals surface area contributed by atoms with Crippen LogP contribution in [0, 0.1) is 6.92 Å². The van der Waals surface area contributed by atoms with Crippen LogP contribution in [0.3, 0.4) is 0 Å². The Morgan fingerprint density at radius 3 is 2.35 bits per heavy atom. The largest absolute Gasteiger partial charge is 0.424 e. The van der Waals surface area contributed by atoms with E-state index in [-0.39, 0.29) is 11.3 Å². The lowest BCUT2D eigenvalue weighted by molar-refractivity contribution is 0.305. The van der Waals surface area contributed by atoms with Crippen LogP contribution in [0.25, 0.3) is 5.69 Å². The Kier molecular flexibility index (Phi) is 5.64. The summed E-state index contributed by atoms with van der Waals surface area (Å²) < 4.78 is 7.59. The first-order chi connectivity index (χ1) is 12.4. The van der Waals surface area contributed by atoms with Crippen molar-refractivity contribution in [2.45, 2.75) is 37.2 Å². The van der Waals surface area contributed by atoms with Gasteiger partial charge in [-0.05, 0) is 52.2 Å². The van der Waals surface area contributed by atoms with Crippen LogP contribution in [0.4, 0.5) is 0 Å². The fraction of sp³-hybridized carbons (Fsp3) is 0.412. The summed E-state index contributed by atoms with van der Waals surface area (Å²) in [4.78, 5) is 2.09. The molecule has 0 saturated carbocycles. The van der Waals surface area contributed by atoms with Gasteiger partial charge in [-0.15, -0.1) is 20.4 Å². The summed E-state index contributed by atoms with van der Waals surface area (Å²) in [5, 5.41) is 18.3. The summed E-state index contributed by atoms with van der Waals surface area (Å²) >= 11 is 7.58. The number of thioether (sulfide) groups is 1. The van der Waals surface area contributed by atoms with E-state index < -0.39 is 0 Å². The number of nitrogens with zero attached hydrogens (tertiary/aromatic N) is 6. The highest BCUT2D eigenvalue weighted by molar-refractivity contribution is 7.99. The monoisotopic (exact) mass is 392 g/mol. The summed E-state index contributed by atoms with van der Waals surface area (Å²) in [6, 6.07) is 7.74. The quantitative estimate of drug-likeness (QED) is 0.585. The maximum absolute atomic E-state index is 6.05. The van der Waals surface area contributed by atoms with Crippen LogP contribution in [0.1, 0.15) is 42.7 Å².